The number of nitrogens with one attached hydrogen (secondary N) is 1. The van der Waals surface area contributed by atoms with E-state index in [4.69, 9.17) is 30.3 Å². The van der Waals surface area contributed by atoms with Gasteiger partial charge in [-0.25, -0.2) is 0 Å². The molecule has 0 saturated heterocycles. The van der Waals surface area contributed by atoms with Crippen molar-refractivity contribution in [2.45, 2.75) is 26.0 Å². The fraction of sp³-hybridized carbons (Fsp3) is 0.286. The second kappa shape index (κ2) is 9.98. The molecule has 0 radical (unpaired) electrons. The lowest BCUT2D eigenvalue weighted by molar-refractivity contribution is -0.128. The van der Waals surface area contributed by atoms with E-state index in [1.165, 1.54) is 0 Å². The van der Waals surface area contributed by atoms with Crippen LogP contribution in [-0.2, 0) is 11.3 Å². The van der Waals surface area contributed by atoms with Gasteiger partial charge in [0.15, 0.2) is 6.10 Å². The predicted molar refractivity (Wildman–Crippen MR) is 111 cm³/mol. The Balaban J connectivity index is 1.65. The zero-order valence-corrected chi connectivity index (χ0v) is 17.6. The molecule has 8 nitrogen and oxygen atoms in total. The van der Waals surface area contributed by atoms with Gasteiger partial charge in [0, 0.05) is 6.07 Å². The summed E-state index contributed by atoms with van der Waals surface area (Å²) >= 11 is 6.10. The van der Waals surface area contributed by atoms with Crippen LogP contribution in [0, 0.1) is 0 Å². The van der Waals surface area contributed by atoms with Crippen molar-refractivity contribution in [3.63, 3.8) is 0 Å². The fourth-order valence-corrected chi connectivity index (χ4v) is 2.89. The summed E-state index contributed by atoms with van der Waals surface area (Å²) in [5.41, 5.74) is 0.646. The number of hydrogen-bond acceptors (Lipinski definition) is 7. The van der Waals surface area contributed by atoms with Crippen LogP contribution in [0.5, 0.6) is 17.2 Å². The monoisotopic (exact) mass is 431 g/mol. The van der Waals surface area contributed by atoms with Crippen LogP contribution in [0.15, 0.2) is 47.0 Å². The molecule has 1 amide bonds. The average molecular weight is 432 g/mol. The number of methoxy groups -OCH3 is 2. The Morgan fingerprint density at radius 3 is 2.67 bits per heavy atom. The van der Waals surface area contributed by atoms with Gasteiger partial charge in [0.1, 0.15) is 17.2 Å². The molecule has 0 saturated carbocycles. The van der Waals surface area contributed by atoms with E-state index < -0.39 is 6.10 Å². The molecule has 158 valence electrons. The van der Waals surface area contributed by atoms with E-state index in [1.54, 1.807) is 56.7 Å². The van der Waals surface area contributed by atoms with E-state index in [9.17, 15) is 4.79 Å². The highest BCUT2D eigenvalue weighted by atomic mass is 35.5. The zero-order valence-electron chi connectivity index (χ0n) is 16.8. The molecule has 0 spiro atoms. The topological polar surface area (TPSA) is 95.7 Å². The van der Waals surface area contributed by atoms with Crippen molar-refractivity contribution < 1.29 is 23.5 Å². The van der Waals surface area contributed by atoms with Gasteiger partial charge < -0.3 is 24.1 Å². The molecule has 3 rings (SSSR count). The van der Waals surface area contributed by atoms with Crippen LogP contribution in [0.2, 0.25) is 5.02 Å². The second-order valence-corrected chi connectivity index (χ2v) is 6.65. The van der Waals surface area contributed by atoms with Crippen LogP contribution in [0.25, 0.3) is 11.4 Å². The average Bonchev–Trinajstić information content (AvgIpc) is 3.25. The van der Waals surface area contributed by atoms with Crippen molar-refractivity contribution in [2.24, 2.45) is 0 Å². The van der Waals surface area contributed by atoms with Crippen LogP contribution >= 0.6 is 11.6 Å². The highest BCUT2D eigenvalue weighted by Crippen LogP contribution is 2.31. The van der Waals surface area contributed by atoms with Gasteiger partial charge in [-0.3, -0.25) is 4.79 Å². The van der Waals surface area contributed by atoms with E-state index in [0.717, 1.165) is 0 Å². The molecule has 30 heavy (non-hydrogen) atoms. The summed E-state index contributed by atoms with van der Waals surface area (Å²) in [5.74, 6) is 1.94. The summed E-state index contributed by atoms with van der Waals surface area (Å²) in [6, 6.07) is 12.3. The van der Waals surface area contributed by atoms with Crippen LogP contribution in [0.1, 0.15) is 19.2 Å². The quantitative estimate of drug-likeness (QED) is 0.549. The molecule has 1 heterocycles. The molecule has 9 heteroatoms. The highest BCUT2D eigenvalue weighted by molar-refractivity contribution is 6.32. The number of carbonyl (C=O) groups excluding carboxylic acids is 1. The van der Waals surface area contributed by atoms with Crippen molar-refractivity contribution >= 4 is 17.5 Å². The third-order valence-corrected chi connectivity index (χ3v) is 4.61. The lowest BCUT2D eigenvalue weighted by atomic mass is 10.2. The Hall–Kier alpha value is -3.26. The zero-order chi connectivity index (χ0) is 21.5. The van der Waals surface area contributed by atoms with Gasteiger partial charge >= 0.3 is 0 Å². The largest absolute Gasteiger partial charge is 0.497 e. The van der Waals surface area contributed by atoms with Gasteiger partial charge in [-0.2, -0.15) is 4.98 Å². The second-order valence-electron chi connectivity index (χ2n) is 6.24. The predicted octanol–water partition coefficient (Wildman–Crippen LogP) is 3.88. The molecular formula is C21H22ClN3O5. The molecule has 3 aromatic rings. The number of para-hydroxylation sites is 1. The molecule has 0 fully saturated rings. The van der Waals surface area contributed by atoms with Crippen molar-refractivity contribution in [1.82, 2.24) is 15.5 Å². The summed E-state index contributed by atoms with van der Waals surface area (Å²) < 4.78 is 21.5. The van der Waals surface area contributed by atoms with Gasteiger partial charge in [0.2, 0.25) is 11.7 Å². The highest BCUT2D eigenvalue weighted by Gasteiger charge is 2.21. The minimum atomic E-state index is -0.700. The Morgan fingerprint density at radius 1 is 1.17 bits per heavy atom. The first-order valence-corrected chi connectivity index (χ1v) is 9.67. The minimum Gasteiger partial charge on any atom is -0.497 e. The Morgan fingerprint density at radius 2 is 1.97 bits per heavy atom. The van der Waals surface area contributed by atoms with E-state index >= 15 is 0 Å². The molecule has 1 N–H and O–H groups in total. The van der Waals surface area contributed by atoms with Gasteiger partial charge in [-0.05, 0) is 30.7 Å². The number of hydrogen-bond donors (Lipinski definition) is 1. The fourth-order valence-electron chi connectivity index (χ4n) is 2.71. The first kappa shape index (κ1) is 21.4. The maximum atomic E-state index is 12.5. The smallest absolute Gasteiger partial charge is 0.261 e. The summed E-state index contributed by atoms with van der Waals surface area (Å²) in [4.78, 5) is 16.8. The van der Waals surface area contributed by atoms with Gasteiger partial charge in [-0.15, -0.1) is 0 Å². The molecule has 1 atom stereocenters. The third kappa shape index (κ3) is 5.01. The van der Waals surface area contributed by atoms with Gasteiger partial charge in [0.25, 0.3) is 5.91 Å². The molecular weight excluding hydrogens is 410 g/mol. The number of ether oxygens (including phenoxy) is 3. The van der Waals surface area contributed by atoms with Crippen molar-refractivity contribution in [3.8, 4) is 28.6 Å². The Labute approximate surface area is 179 Å². The minimum absolute atomic E-state index is 0.0622. The number of nitrogens with zero attached hydrogens (tertiary/aromatic N) is 2. The number of amides is 1. The normalized spacial score (nSPS) is 11.6. The molecule has 1 aromatic heterocycles. The molecule has 0 bridgehead atoms. The summed E-state index contributed by atoms with van der Waals surface area (Å²) in [5, 5.41) is 7.16. The maximum Gasteiger partial charge on any atom is 0.261 e. The molecule has 0 aliphatic heterocycles. The summed E-state index contributed by atoms with van der Waals surface area (Å²) in [6.45, 7) is 1.91. The molecule has 0 aliphatic carbocycles. The van der Waals surface area contributed by atoms with Crippen LogP contribution in [0.3, 0.4) is 0 Å². The Kier molecular flexibility index (Phi) is 7.13. The van der Waals surface area contributed by atoms with Crippen LogP contribution in [-0.4, -0.2) is 36.4 Å². The number of halogens is 1. The van der Waals surface area contributed by atoms with Crippen LogP contribution < -0.4 is 19.5 Å². The molecule has 2 aromatic carbocycles. The number of carbonyl (C=O) groups is 1. The van der Waals surface area contributed by atoms with Crippen LogP contribution in [0.4, 0.5) is 0 Å². The SMILES string of the molecule is CC[C@@H](Oc1ccccc1Cl)C(=O)NCc1nc(-c2ccc(OC)cc2OC)no1. The molecule has 0 aliphatic rings. The van der Waals surface area contributed by atoms with E-state index in [2.05, 4.69) is 15.5 Å². The maximum absolute atomic E-state index is 12.5. The lowest BCUT2D eigenvalue weighted by Crippen LogP contribution is -2.37. The first-order valence-electron chi connectivity index (χ1n) is 9.29. The number of rotatable bonds is 9. The van der Waals surface area contributed by atoms with Gasteiger partial charge in [-0.1, -0.05) is 35.8 Å². The number of benzene rings is 2. The lowest BCUT2D eigenvalue weighted by Gasteiger charge is -2.17. The third-order valence-electron chi connectivity index (χ3n) is 4.30. The Bertz CT molecular complexity index is 1010. The van der Waals surface area contributed by atoms with Crippen molar-refractivity contribution in [1.29, 1.82) is 0 Å². The van der Waals surface area contributed by atoms with Gasteiger partial charge in [0.05, 0.1) is 31.4 Å². The summed E-state index contributed by atoms with van der Waals surface area (Å²) in [7, 11) is 3.12. The number of aromatic nitrogens is 2. The molecule has 0 unspecified atom stereocenters. The van der Waals surface area contributed by atoms with Crippen molar-refractivity contribution in [2.75, 3.05) is 14.2 Å². The van der Waals surface area contributed by atoms with E-state index in [1.807, 2.05) is 6.92 Å². The first-order chi connectivity index (χ1) is 14.5. The standard InChI is InChI=1S/C21H22ClN3O5/c1-4-16(29-17-8-6-5-7-15(17)22)21(26)23-12-19-24-20(25-30-19)14-10-9-13(27-2)11-18(14)28-3/h5-11,16H,4,12H2,1-3H3,(H,23,26)/t16-/m1/s1. The summed E-state index contributed by atoms with van der Waals surface area (Å²) in [6.07, 6.45) is -0.233. The van der Waals surface area contributed by atoms with E-state index in [0.29, 0.717) is 40.1 Å². The van der Waals surface area contributed by atoms with Crippen molar-refractivity contribution in [3.05, 3.63) is 53.4 Å². The van der Waals surface area contributed by atoms with E-state index in [-0.39, 0.29) is 18.3 Å².